The van der Waals surface area contributed by atoms with Crippen LogP contribution in [0.1, 0.15) is 34.5 Å². The molecular formula is C16H16ClN3O3. The van der Waals surface area contributed by atoms with Gasteiger partial charge in [0.15, 0.2) is 0 Å². The molecule has 0 saturated carbocycles. The maximum absolute atomic E-state index is 11.2. The van der Waals surface area contributed by atoms with Crippen molar-refractivity contribution in [2.45, 2.75) is 19.5 Å². The summed E-state index contributed by atoms with van der Waals surface area (Å²) in [5, 5.41) is 15.0. The van der Waals surface area contributed by atoms with Crippen LogP contribution in [-0.4, -0.2) is 10.8 Å². The highest BCUT2D eigenvalue weighted by Crippen LogP contribution is 2.24. The summed E-state index contributed by atoms with van der Waals surface area (Å²) >= 11 is 6.14. The van der Waals surface area contributed by atoms with Crippen molar-refractivity contribution in [3.63, 3.8) is 0 Å². The summed E-state index contributed by atoms with van der Waals surface area (Å²) in [5.74, 6) is -0.697. The first-order valence-corrected chi connectivity index (χ1v) is 7.33. The number of nitro benzene ring substituents is 1. The van der Waals surface area contributed by atoms with Crippen molar-refractivity contribution in [3.8, 4) is 0 Å². The molecule has 0 saturated heterocycles. The maximum Gasteiger partial charge on any atom is 0.274 e. The summed E-state index contributed by atoms with van der Waals surface area (Å²) in [6.07, 6.45) is 0. The number of nitrogens with two attached hydrogens (primary N) is 1. The molecule has 1 amide bonds. The van der Waals surface area contributed by atoms with Gasteiger partial charge in [0.2, 0.25) is 5.91 Å². The lowest BCUT2D eigenvalue weighted by Crippen LogP contribution is -2.19. The number of primary amides is 1. The smallest absolute Gasteiger partial charge is 0.274 e. The van der Waals surface area contributed by atoms with Gasteiger partial charge in [-0.15, -0.1) is 0 Å². The van der Waals surface area contributed by atoms with Gasteiger partial charge in [-0.2, -0.15) is 0 Å². The van der Waals surface area contributed by atoms with Crippen molar-refractivity contribution in [3.05, 3.63) is 74.3 Å². The van der Waals surface area contributed by atoms with Crippen molar-refractivity contribution < 1.29 is 9.72 Å². The zero-order valence-electron chi connectivity index (χ0n) is 12.5. The highest BCUT2D eigenvalue weighted by Gasteiger charge is 2.17. The number of rotatable bonds is 6. The summed E-state index contributed by atoms with van der Waals surface area (Å²) in [6, 6.07) is 11.5. The van der Waals surface area contributed by atoms with Crippen molar-refractivity contribution in [2.75, 3.05) is 0 Å². The molecular weight excluding hydrogens is 318 g/mol. The van der Waals surface area contributed by atoms with Gasteiger partial charge >= 0.3 is 0 Å². The number of halogens is 1. The number of hydrogen-bond acceptors (Lipinski definition) is 4. The van der Waals surface area contributed by atoms with Crippen LogP contribution in [0.3, 0.4) is 0 Å². The first kappa shape index (κ1) is 16.9. The van der Waals surface area contributed by atoms with Gasteiger partial charge in [-0.25, -0.2) is 0 Å². The lowest BCUT2D eigenvalue weighted by Gasteiger charge is -2.16. The van der Waals surface area contributed by atoms with Crippen LogP contribution >= 0.6 is 11.6 Å². The third-order valence-electron chi connectivity index (χ3n) is 3.54. The quantitative estimate of drug-likeness (QED) is 0.626. The van der Waals surface area contributed by atoms with Crippen LogP contribution in [0.4, 0.5) is 5.69 Å². The number of carbonyl (C=O) groups excluding carboxylic acids is 1. The van der Waals surface area contributed by atoms with E-state index in [1.807, 2.05) is 25.1 Å². The molecule has 0 aliphatic rings. The monoisotopic (exact) mass is 333 g/mol. The second-order valence-electron chi connectivity index (χ2n) is 5.09. The molecule has 0 heterocycles. The van der Waals surface area contributed by atoms with Crippen LogP contribution < -0.4 is 11.1 Å². The number of nitro groups is 1. The van der Waals surface area contributed by atoms with E-state index in [1.165, 1.54) is 18.2 Å². The number of amides is 1. The van der Waals surface area contributed by atoms with E-state index in [2.05, 4.69) is 5.32 Å². The lowest BCUT2D eigenvalue weighted by atomic mass is 10.1. The highest BCUT2D eigenvalue weighted by atomic mass is 35.5. The fourth-order valence-corrected chi connectivity index (χ4v) is 2.54. The molecule has 0 aromatic heterocycles. The van der Waals surface area contributed by atoms with Gasteiger partial charge in [-0.3, -0.25) is 14.9 Å². The average Bonchev–Trinajstić information content (AvgIpc) is 2.52. The number of carbonyl (C=O) groups is 1. The molecule has 6 nitrogen and oxygen atoms in total. The zero-order chi connectivity index (χ0) is 17.0. The van der Waals surface area contributed by atoms with Crippen LogP contribution in [0.5, 0.6) is 0 Å². The van der Waals surface area contributed by atoms with Gasteiger partial charge in [-0.1, -0.05) is 35.9 Å². The van der Waals surface area contributed by atoms with E-state index >= 15 is 0 Å². The molecule has 0 aliphatic heterocycles. The summed E-state index contributed by atoms with van der Waals surface area (Å²) in [6.45, 7) is 2.19. The summed E-state index contributed by atoms with van der Waals surface area (Å²) in [4.78, 5) is 21.8. The predicted molar refractivity (Wildman–Crippen MR) is 88.3 cm³/mol. The summed E-state index contributed by atoms with van der Waals surface area (Å²) in [7, 11) is 0. The van der Waals surface area contributed by atoms with E-state index in [0.717, 1.165) is 5.56 Å². The normalized spacial score (nSPS) is 11.9. The minimum Gasteiger partial charge on any atom is -0.366 e. The predicted octanol–water partition coefficient (Wildman–Crippen LogP) is 3.20. The van der Waals surface area contributed by atoms with Gasteiger partial charge in [0, 0.05) is 34.8 Å². The average molecular weight is 334 g/mol. The summed E-state index contributed by atoms with van der Waals surface area (Å²) < 4.78 is 0. The number of benzene rings is 2. The van der Waals surface area contributed by atoms with Gasteiger partial charge in [0.25, 0.3) is 5.69 Å². The first-order valence-electron chi connectivity index (χ1n) is 6.95. The van der Waals surface area contributed by atoms with Crippen molar-refractivity contribution in [1.82, 2.24) is 5.32 Å². The molecule has 1 unspecified atom stereocenters. The molecule has 0 radical (unpaired) electrons. The molecule has 7 heteroatoms. The van der Waals surface area contributed by atoms with Gasteiger partial charge in [0.1, 0.15) is 0 Å². The topological polar surface area (TPSA) is 98.3 Å². The number of hydrogen-bond donors (Lipinski definition) is 2. The van der Waals surface area contributed by atoms with Gasteiger partial charge in [0.05, 0.1) is 4.92 Å². The highest BCUT2D eigenvalue weighted by molar-refractivity contribution is 6.31. The van der Waals surface area contributed by atoms with Crippen molar-refractivity contribution in [1.29, 1.82) is 0 Å². The Morgan fingerprint density at radius 2 is 2.04 bits per heavy atom. The largest absolute Gasteiger partial charge is 0.366 e. The number of nitrogens with zero attached hydrogens (tertiary/aromatic N) is 1. The van der Waals surface area contributed by atoms with E-state index in [1.54, 1.807) is 6.07 Å². The zero-order valence-corrected chi connectivity index (χ0v) is 13.2. The Labute approximate surface area is 138 Å². The van der Waals surface area contributed by atoms with Crippen LogP contribution in [0.25, 0.3) is 0 Å². The number of nitrogens with one attached hydrogen (secondary N) is 1. The molecule has 2 aromatic carbocycles. The molecule has 23 heavy (non-hydrogen) atoms. The standard InChI is InChI=1S/C16H16ClN3O3/c1-10(13-4-2-3-5-14(13)17)19-9-12-7-6-11(16(18)21)8-15(12)20(22)23/h2-8,10,19H,9H2,1H3,(H2,18,21). The van der Waals surface area contributed by atoms with E-state index in [4.69, 9.17) is 17.3 Å². The lowest BCUT2D eigenvalue weighted by molar-refractivity contribution is -0.385. The minimum absolute atomic E-state index is 0.0841. The van der Waals surface area contributed by atoms with Gasteiger partial charge in [-0.05, 0) is 24.6 Å². The molecule has 0 aliphatic carbocycles. The minimum atomic E-state index is -0.697. The maximum atomic E-state index is 11.2. The first-order chi connectivity index (χ1) is 10.9. The van der Waals surface area contributed by atoms with Crippen LogP contribution in [-0.2, 0) is 6.54 Å². The van der Waals surface area contributed by atoms with E-state index in [9.17, 15) is 14.9 Å². The van der Waals surface area contributed by atoms with Crippen LogP contribution in [0.2, 0.25) is 5.02 Å². The second-order valence-corrected chi connectivity index (χ2v) is 5.50. The van der Waals surface area contributed by atoms with E-state index < -0.39 is 10.8 Å². The summed E-state index contributed by atoms with van der Waals surface area (Å²) in [5.41, 5.74) is 6.51. The molecule has 2 aromatic rings. The molecule has 0 bridgehead atoms. The third kappa shape index (κ3) is 4.06. The molecule has 3 N–H and O–H groups in total. The molecule has 2 rings (SSSR count). The second kappa shape index (κ2) is 7.21. The van der Waals surface area contributed by atoms with Gasteiger partial charge < -0.3 is 11.1 Å². The third-order valence-corrected chi connectivity index (χ3v) is 3.88. The van der Waals surface area contributed by atoms with E-state index in [0.29, 0.717) is 10.6 Å². The Morgan fingerprint density at radius 3 is 2.65 bits per heavy atom. The Bertz CT molecular complexity index is 749. The fraction of sp³-hybridized carbons (Fsp3) is 0.188. The Hall–Kier alpha value is -2.44. The molecule has 0 spiro atoms. The molecule has 1 atom stereocenters. The molecule has 120 valence electrons. The van der Waals surface area contributed by atoms with E-state index in [-0.39, 0.29) is 23.8 Å². The van der Waals surface area contributed by atoms with Crippen molar-refractivity contribution >= 4 is 23.2 Å². The Kier molecular flexibility index (Phi) is 5.31. The fourth-order valence-electron chi connectivity index (χ4n) is 2.24. The Balaban J connectivity index is 2.18. The van der Waals surface area contributed by atoms with Crippen LogP contribution in [0, 0.1) is 10.1 Å². The van der Waals surface area contributed by atoms with Crippen LogP contribution in [0.15, 0.2) is 42.5 Å². The molecule has 0 fully saturated rings. The SMILES string of the molecule is CC(NCc1ccc(C(N)=O)cc1[N+](=O)[O-])c1ccccc1Cl. The van der Waals surface area contributed by atoms with Crippen molar-refractivity contribution in [2.24, 2.45) is 5.73 Å². The Morgan fingerprint density at radius 1 is 1.35 bits per heavy atom.